The van der Waals surface area contributed by atoms with Gasteiger partial charge in [-0.2, -0.15) is 0 Å². The van der Waals surface area contributed by atoms with Crippen LogP contribution < -0.4 is 0 Å². The molecule has 0 heterocycles. The number of benzene rings is 4. The van der Waals surface area contributed by atoms with Crippen LogP contribution in [-0.2, 0) is 10.8 Å². The number of hydrogen-bond acceptors (Lipinski definition) is 4. The second-order valence-corrected chi connectivity index (χ2v) is 9.75. The second kappa shape index (κ2) is 8.45. The molecule has 0 fully saturated rings. The zero-order valence-corrected chi connectivity index (χ0v) is 19.9. The maximum absolute atomic E-state index is 11.5. The highest BCUT2D eigenvalue weighted by Gasteiger charge is 2.35. The predicted octanol–water partition coefficient (Wildman–Crippen LogP) is 6.83. The molecule has 4 N–H and O–H groups in total. The summed E-state index contributed by atoms with van der Waals surface area (Å²) in [7, 11) is 0. The molecule has 0 saturated carbocycles. The van der Waals surface area contributed by atoms with Gasteiger partial charge in [-0.15, -0.1) is 0 Å². The molecule has 0 unspecified atom stereocenters. The topological polar surface area (TPSA) is 80.9 Å². The molecule has 4 heteroatoms. The predicted molar refractivity (Wildman–Crippen MR) is 136 cm³/mol. The van der Waals surface area contributed by atoms with Gasteiger partial charge in [0.1, 0.15) is 23.0 Å². The standard InChI is InChI=1S/C30H30O4/c1-29(2,20-10-14-22(31)15-11-20)24-18-25(30(3,4)21-12-16-23(32)17-13-21)28(34)26(27(24)33)19-8-6-5-7-9-19/h5-18,31-34H,1-4H3. The van der Waals surface area contributed by atoms with Gasteiger partial charge in [0.05, 0.1) is 5.56 Å². The minimum Gasteiger partial charge on any atom is -0.508 e. The van der Waals surface area contributed by atoms with Crippen LogP contribution in [0, 0.1) is 0 Å². The molecular weight excluding hydrogens is 424 g/mol. The molecule has 34 heavy (non-hydrogen) atoms. The average Bonchev–Trinajstić information content (AvgIpc) is 2.80. The summed E-state index contributed by atoms with van der Waals surface area (Å²) in [5, 5.41) is 42.6. The fraction of sp³-hybridized carbons (Fsp3) is 0.200. The molecule has 0 bridgehead atoms. The van der Waals surface area contributed by atoms with Gasteiger partial charge in [0, 0.05) is 22.0 Å². The van der Waals surface area contributed by atoms with Crippen LogP contribution in [0.3, 0.4) is 0 Å². The summed E-state index contributed by atoms with van der Waals surface area (Å²) < 4.78 is 0. The fourth-order valence-corrected chi connectivity index (χ4v) is 4.56. The van der Waals surface area contributed by atoms with Crippen LogP contribution in [0.2, 0.25) is 0 Å². The van der Waals surface area contributed by atoms with E-state index in [0.717, 1.165) is 11.1 Å². The number of aromatic hydroxyl groups is 4. The molecule has 0 aromatic heterocycles. The lowest BCUT2D eigenvalue weighted by Crippen LogP contribution is -2.23. The van der Waals surface area contributed by atoms with Gasteiger partial charge in [0.15, 0.2) is 0 Å². The quantitative estimate of drug-likeness (QED) is 0.266. The van der Waals surface area contributed by atoms with E-state index in [2.05, 4.69) is 0 Å². The average molecular weight is 455 g/mol. The Hall–Kier alpha value is -3.92. The molecule has 4 rings (SSSR count). The summed E-state index contributed by atoms with van der Waals surface area (Å²) in [6, 6.07) is 25.1. The van der Waals surface area contributed by atoms with Gasteiger partial charge in [0.2, 0.25) is 0 Å². The van der Waals surface area contributed by atoms with E-state index in [1.165, 1.54) is 0 Å². The molecule has 0 amide bonds. The highest BCUT2D eigenvalue weighted by atomic mass is 16.3. The lowest BCUT2D eigenvalue weighted by molar-refractivity contribution is 0.428. The molecule has 4 nitrogen and oxygen atoms in total. The van der Waals surface area contributed by atoms with Crippen LogP contribution in [0.1, 0.15) is 49.9 Å². The van der Waals surface area contributed by atoms with Crippen molar-refractivity contribution in [2.75, 3.05) is 0 Å². The largest absolute Gasteiger partial charge is 0.508 e. The monoisotopic (exact) mass is 454 g/mol. The Kier molecular flexibility index (Phi) is 5.78. The van der Waals surface area contributed by atoms with Crippen molar-refractivity contribution in [1.29, 1.82) is 0 Å². The number of hydrogen-bond donors (Lipinski definition) is 4. The van der Waals surface area contributed by atoms with Crippen LogP contribution >= 0.6 is 0 Å². The minimum atomic E-state index is -0.630. The Morgan fingerprint density at radius 3 is 1.26 bits per heavy atom. The highest BCUT2D eigenvalue weighted by molar-refractivity contribution is 5.81. The molecule has 0 atom stereocenters. The van der Waals surface area contributed by atoms with E-state index < -0.39 is 10.8 Å². The molecule has 0 spiro atoms. The normalized spacial score (nSPS) is 12.0. The van der Waals surface area contributed by atoms with E-state index in [-0.39, 0.29) is 23.0 Å². The molecule has 0 aliphatic carbocycles. The Balaban J connectivity index is 2.03. The second-order valence-electron chi connectivity index (χ2n) is 9.75. The molecular formula is C30H30O4. The third-order valence-corrected chi connectivity index (χ3v) is 6.86. The maximum Gasteiger partial charge on any atom is 0.131 e. The fourth-order valence-electron chi connectivity index (χ4n) is 4.56. The first-order valence-electron chi connectivity index (χ1n) is 11.3. The van der Waals surface area contributed by atoms with Crippen molar-refractivity contribution in [3.8, 4) is 34.1 Å². The van der Waals surface area contributed by atoms with Crippen LogP contribution in [0.15, 0.2) is 84.9 Å². The van der Waals surface area contributed by atoms with Crippen LogP contribution in [0.5, 0.6) is 23.0 Å². The van der Waals surface area contributed by atoms with E-state index in [4.69, 9.17) is 0 Å². The third-order valence-electron chi connectivity index (χ3n) is 6.86. The molecule has 174 valence electrons. The summed E-state index contributed by atoms with van der Waals surface area (Å²) in [6.45, 7) is 8.05. The number of phenolic OH excluding ortho intramolecular Hbond substituents is 4. The van der Waals surface area contributed by atoms with Crippen molar-refractivity contribution >= 4 is 0 Å². The van der Waals surface area contributed by atoms with Gasteiger partial charge >= 0.3 is 0 Å². The third kappa shape index (κ3) is 3.96. The first-order chi connectivity index (χ1) is 16.0. The zero-order valence-electron chi connectivity index (χ0n) is 19.9. The van der Waals surface area contributed by atoms with Crippen molar-refractivity contribution in [2.24, 2.45) is 0 Å². The molecule has 0 aliphatic rings. The van der Waals surface area contributed by atoms with Crippen molar-refractivity contribution in [3.63, 3.8) is 0 Å². The molecule has 0 aliphatic heterocycles. The van der Waals surface area contributed by atoms with Gasteiger partial charge in [-0.05, 0) is 47.0 Å². The van der Waals surface area contributed by atoms with Crippen LogP contribution in [0.25, 0.3) is 11.1 Å². The number of rotatable bonds is 5. The van der Waals surface area contributed by atoms with Gasteiger partial charge in [0.25, 0.3) is 0 Å². The zero-order chi connectivity index (χ0) is 24.7. The minimum absolute atomic E-state index is 0.0204. The van der Waals surface area contributed by atoms with Crippen molar-refractivity contribution in [3.05, 3.63) is 107 Å². The number of phenols is 4. The van der Waals surface area contributed by atoms with Gasteiger partial charge in [-0.3, -0.25) is 0 Å². The Morgan fingerprint density at radius 1 is 0.500 bits per heavy atom. The summed E-state index contributed by atoms with van der Waals surface area (Å²) >= 11 is 0. The lowest BCUT2D eigenvalue weighted by Gasteiger charge is -2.33. The Bertz CT molecular complexity index is 1220. The first-order valence-corrected chi connectivity index (χ1v) is 11.3. The van der Waals surface area contributed by atoms with E-state index >= 15 is 0 Å². The van der Waals surface area contributed by atoms with Gasteiger partial charge < -0.3 is 20.4 Å². The summed E-state index contributed by atoms with van der Waals surface area (Å²) in [4.78, 5) is 0. The molecule has 4 aromatic carbocycles. The smallest absolute Gasteiger partial charge is 0.131 e. The van der Waals surface area contributed by atoms with E-state index in [1.807, 2.05) is 88.4 Å². The first kappa shape index (κ1) is 23.2. The van der Waals surface area contributed by atoms with Gasteiger partial charge in [-0.1, -0.05) is 82.3 Å². The van der Waals surface area contributed by atoms with Crippen LogP contribution in [0.4, 0.5) is 0 Å². The lowest BCUT2D eigenvalue weighted by atomic mass is 9.71. The molecule has 4 aromatic rings. The summed E-state index contributed by atoms with van der Waals surface area (Å²) in [6.07, 6.45) is 0. The van der Waals surface area contributed by atoms with Crippen LogP contribution in [-0.4, -0.2) is 20.4 Å². The van der Waals surface area contributed by atoms with Crippen molar-refractivity contribution < 1.29 is 20.4 Å². The van der Waals surface area contributed by atoms with E-state index in [0.29, 0.717) is 22.3 Å². The maximum atomic E-state index is 11.5. The SMILES string of the molecule is CC(C)(c1ccc(O)cc1)c1cc(C(C)(C)c2ccc(O)cc2)c(O)c(-c2ccccc2)c1O. The Morgan fingerprint density at radius 2 is 0.882 bits per heavy atom. The molecule has 0 radical (unpaired) electrons. The van der Waals surface area contributed by atoms with Crippen molar-refractivity contribution in [1.82, 2.24) is 0 Å². The highest BCUT2D eigenvalue weighted by Crippen LogP contribution is 2.51. The summed E-state index contributed by atoms with van der Waals surface area (Å²) in [5.74, 6) is 0.390. The summed E-state index contributed by atoms with van der Waals surface area (Å²) in [5.41, 5.74) is 2.99. The van der Waals surface area contributed by atoms with E-state index in [1.54, 1.807) is 24.3 Å². The molecule has 0 saturated heterocycles. The Labute approximate surface area is 200 Å². The van der Waals surface area contributed by atoms with Crippen molar-refractivity contribution in [2.45, 2.75) is 38.5 Å². The van der Waals surface area contributed by atoms with Gasteiger partial charge in [-0.25, -0.2) is 0 Å². The van der Waals surface area contributed by atoms with E-state index in [9.17, 15) is 20.4 Å².